The third kappa shape index (κ3) is 5.10. The Balaban J connectivity index is 1.52. The first-order chi connectivity index (χ1) is 20.0. The number of fused-ring (bicyclic) bond motifs is 2. The minimum absolute atomic E-state index is 0.00596. The molecule has 1 spiro atoms. The number of sulfonamides is 1. The van der Waals surface area contributed by atoms with Gasteiger partial charge in [0.05, 0.1) is 18.1 Å². The number of aryl methyl sites for hydroxylation is 1. The standard InChI is InChI=1S/C31H31Cl2FN4O3S/c1-18-6-8-22(34)16-24(18)29-31(25-9-7-21(33)15-27(25)36-30(31)39)26(19-4-3-5-20(32)14-19)17-28(37-29)35-23-10-12-38(13-11-23)42(2,40)41/h3-9,14-16,23,26,29H,10-13,17H2,1-2H3,(H,35,37)(H,36,39)/t26-,29+,31-/m0/s1. The highest BCUT2D eigenvalue weighted by Gasteiger charge is 2.60. The summed E-state index contributed by atoms with van der Waals surface area (Å²) in [5.41, 5.74) is 2.44. The van der Waals surface area contributed by atoms with Crippen molar-refractivity contribution in [3.63, 3.8) is 0 Å². The van der Waals surface area contributed by atoms with Gasteiger partial charge in [0.25, 0.3) is 0 Å². The van der Waals surface area contributed by atoms with E-state index in [1.165, 1.54) is 22.7 Å². The Kier molecular flexibility index (Phi) is 7.58. The summed E-state index contributed by atoms with van der Waals surface area (Å²) in [6.07, 6.45) is 2.85. The van der Waals surface area contributed by atoms with Gasteiger partial charge in [-0.15, -0.1) is 0 Å². The van der Waals surface area contributed by atoms with Gasteiger partial charge in [-0.3, -0.25) is 9.79 Å². The zero-order valence-corrected chi connectivity index (χ0v) is 25.5. The van der Waals surface area contributed by atoms with Gasteiger partial charge in [-0.2, -0.15) is 0 Å². The van der Waals surface area contributed by atoms with Crippen molar-refractivity contribution < 1.29 is 17.6 Å². The zero-order chi connectivity index (χ0) is 29.8. The Bertz CT molecular complexity index is 1710. The van der Waals surface area contributed by atoms with Crippen LogP contribution in [0.15, 0.2) is 65.7 Å². The molecule has 0 aliphatic carbocycles. The Morgan fingerprint density at radius 3 is 2.50 bits per heavy atom. The van der Waals surface area contributed by atoms with Crippen LogP contribution in [0.3, 0.4) is 0 Å². The lowest BCUT2D eigenvalue weighted by atomic mass is 9.59. The van der Waals surface area contributed by atoms with E-state index in [-0.39, 0.29) is 11.9 Å². The van der Waals surface area contributed by atoms with Crippen LogP contribution in [0.1, 0.15) is 53.5 Å². The predicted octanol–water partition coefficient (Wildman–Crippen LogP) is 5.97. The Morgan fingerprint density at radius 1 is 1.05 bits per heavy atom. The summed E-state index contributed by atoms with van der Waals surface area (Å²) in [6.45, 7) is 2.72. The van der Waals surface area contributed by atoms with Gasteiger partial charge in [-0.25, -0.2) is 17.1 Å². The van der Waals surface area contributed by atoms with E-state index >= 15 is 0 Å². The van der Waals surface area contributed by atoms with E-state index in [9.17, 15) is 17.6 Å². The van der Waals surface area contributed by atoms with Gasteiger partial charge in [-0.1, -0.05) is 47.5 Å². The molecule has 6 rings (SSSR count). The van der Waals surface area contributed by atoms with Crippen molar-refractivity contribution in [3.8, 4) is 0 Å². The molecule has 1 fully saturated rings. The first-order valence-corrected chi connectivity index (χ1v) is 16.5. The highest BCUT2D eigenvalue weighted by atomic mass is 35.5. The van der Waals surface area contributed by atoms with Gasteiger partial charge in [0.2, 0.25) is 15.9 Å². The molecule has 42 heavy (non-hydrogen) atoms. The maximum absolute atomic E-state index is 14.8. The minimum atomic E-state index is -3.26. The number of halogens is 3. The van der Waals surface area contributed by atoms with Crippen LogP contribution in [-0.4, -0.2) is 49.9 Å². The van der Waals surface area contributed by atoms with E-state index in [2.05, 4.69) is 10.6 Å². The number of nitrogens with one attached hydrogen (secondary N) is 2. The second-order valence-electron chi connectivity index (χ2n) is 11.4. The van der Waals surface area contributed by atoms with Crippen LogP contribution < -0.4 is 10.6 Å². The summed E-state index contributed by atoms with van der Waals surface area (Å²) in [4.78, 5) is 19.6. The van der Waals surface area contributed by atoms with E-state index in [0.29, 0.717) is 59.5 Å². The van der Waals surface area contributed by atoms with E-state index in [4.69, 9.17) is 28.2 Å². The fraction of sp³-hybridized carbons (Fsp3) is 0.355. The van der Waals surface area contributed by atoms with E-state index in [1.54, 1.807) is 24.3 Å². The first-order valence-electron chi connectivity index (χ1n) is 13.9. The topological polar surface area (TPSA) is 90.9 Å². The number of hydrogen-bond acceptors (Lipinski definition) is 5. The van der Waals surface area contributed by atoms with Crippen LogP contribution in [0.5, 0.6) is 0 Å². The Hall–Kier alpha value is -2.98. The van der Waals surface area contributed by atoms with Crippen molar-refractivity contribution in [2.24, 2.45) is 4.99 Å². The average Bonchev–Trinajstić information content (AvgIpc) is 3.21. The molecule has 2 N–H and O–H groups in total. The minimum Gasteiger partial charge on any atom is -0.371 e. The van der Waals surface area contributed by atoms with Crippen molar-refractivity contribution in [2.45, 2.75) is 49.6 Å². The summed E-state index contributed by atoms with van der Waals surface area (Å²) < 4.78 is 40.5. The molecule has 220 valence electrons. The van der Waals surface area contributed by atoms with Gasteiger partial charge in [-0.05, 0) is 78.4 Å². The van der Waals surface area contributed by atoms with Crippen LogP contribution >= 0.6 is 23.2 Å². The van der Waals surface area contributed by atoms with E-state index < -0.39 is 33.2 Å². The number of amides is 1. The van der Waals surface area contributed by atoms with Gasteiger partial charge in [0, 0.05) is 47.2 Å². The van der Waals surface area contributed by atoms with Gasteiger partial charge < -0.3 is 10.6 Å². The number of carbonyl (C=O) groups excluding carboxylic acids is 1. The van der Waals surface area contributed by atoms with Crippen LogP contribution in [0.2, 0.25) is 10.0 Å². The molecule has 0 radical (unpaired) electrons. The smallest absolute Gasteiger partial charge is 0.238 e. The molecule has 3 aliphatic rings. The third-order valence-corrected chi connectivity index (χ3v) is 10.6. The summed E-state index contributed by atoms with van der Waals surface area (Å²) >= 11 is 12.8. The molecule has 11 heteroatoms. The number of amidine groups is 1. The summed E-state index contributed by atoms with van der Waals surface area (Å²) in [6, 6.07) is 16.7. The second-order valence-corrected chi connectivity index (χ2v) is 14.2. The van der Waals surface area contributed by atoms with Crippen molar-refractivity contribution in [1.82, 2.24) is 9.62 Å². The molecular formula is C31H31Cl2FN4O3S. The maximum atomic E-state index is 14.8. The van der Waals surface area contributed by atoms with Crippen LogP contribution in [0.4, 0.5) is 10.1 Å². The zero-order valence-electron chi connectivity index (χ0n) is 23.2. The van der Waals surface area contributed by atoms with Crippen molar-refractivity contribution in [2.75, 3.05) is 24.7 Å². The van der Waals surface area contributed by atoms with Gasteiger partial charge in [0.15, 0.2) is 0 Å². The summed E-state index contributed by atoms with van der Waals surface area (Å²) in [7, 11) is -3.26. The molecule has 1 saturated heterocycles. The SMILES string of the molecule is Cc1ccc(F)cc1[C@H]1N=C(NC2CCN(S(C)(=O)=O)CC2)C[C@@H](c2cccc(Cl)c2)[C@]12C(=O)Nc1cc(Cl)ccc12. The molecule has 1 amide bonds. The molecule has 3 heterocycles. The molecule has 7 nitrogen and oxygen atoms in total. The van der Waals surface area contributed by atoms with E-state index in [0.717, 1.165) is 16.7 Å². The van der Waals surface area contributed by atoms with Crippen LogP contribution in [0.25, 0.3) is 0 Å². The highest BCUT2D eigenvalue weighted by Crippen LogP contribution is 2.59. The molecule has 0 bridgehead atoms. The first kappa shape index (κ1) is 29.1. The molecule has 0 saturated carbocycles. The molecule has 3 aromatic carbocycles. The lowest BCUT2D eigenvalue weighted by Crippen LogP contribution is -2.52. The second kappa shape index (κ2) is 10.9. The van der Waals surface area contributed by atoms with Crippen molar-refractivity contribution in [1.29, 1.82) is 0 Å². The number of hydrogen-bond donors (Lipinski definition) is 2. The largest absolute Gasteiger partial charge is 0.371 e. The third-order valence-electron chi connectivity index (χ3n) is 8.80. The lowest BCUT2D eigenvalue weighted by Gasteiger charge is -2.45. The number of aliphatic imine (C=N–C) groups is 1. The number of piperidine rings is 1. The number of nitrogens with zero attached hydrogens (tertiary/aromatic N) is 2. The van der Waals surface area contributed by atoms with Crippen LogP contribution in [0, 0.1) is 12.7 Å². The maximum Gasteiger partial charge on any atom is 0.238 e. The number of rotatable bonds is 4. The lowest BCUT2D eigenvalue weighted by molar-refractivity contribution is -0.122. The van der Waals surface area contributed by atoms with Crippen molar-refractivity contribution >= 4 is 50.7 Å². The number of carbonyl (C=O) groups is 1. The summed E-state index contributed by atoms with van der Waals surface area (Å²) in [5, 5.41) is 7.68. The normalized spacial score (nSPS) is 24.8. The fourth-order valence-corrected chi connectivity index (χ4v) is 8.03. The number of benzene rings is 3. The van der Waals surface area contributed by atoms with Gasteiger partial charge >= 0.3 is 0 Å². The highest BCUT2D eigenvalue weighted by molar-refractivity contribution is 7.88. The molecule has 3 atom stereocenters. The fourth-order valence-electron chi connectivity index (χ4n) is 6.79. The predicted molar refractivity (Wildman–Crippen MR) is 164 cm³/mol. The quantitative estimate of drug-likeness (QED) is 0.372. The Labute approximate surface area is 255 Å². The summed E-state index contributed by atoms with van der Waals surface area (Å²) in [5.74, 6) is -0.374. The van der Waals surface area contributed by atoms with Crippen molar-refractivity contribution in [3.05, 3.63) is 98.8 Å². The van der Waals surface area contributed by atoms with Gasteiger partial charge in [0.1, 0.15) is 11.2 Å². The number of anilines is 1. The molecule has 3 aliphatic heterocycles. The average molecular weight is 630 g/mol. The molecule has 0 aromatic heterocycles. The Morgan fingerprint density at radius 2 is 1.79 bits per heavy atom. The monoisotopic (exact) mass is 628 g/mol. The molecular weight excluding hydrogens is 598 g/mol. The van der Waals surface area contributed by atoms with Crippen LogP contribution in [-0.2, 0) is 20.2 Å². The van der Waals surface area contributed by atoms with E-state index in [1.807, 2.05) is 31.2 Å². The molecule has 3 aromatic rings. The molecule has 0 unspecified atom stereocenters.